The Morgan fingerprint density at radius 2 is 2.04 bits per heavy atom. The summed E-state index contributed by atoms with van der Waals surface area (Å²) in [7, 11) is 1.49. The second-order valence-corrected chi connectivity index (χ2v) is 7.08. The molecule has 132 valence electrons. The largest absolute Gasteiger partial charge is 0.391 e. The van der Waals surface area contributed by atoms with Gasteiger partial charge in [0.1, 0.15) is 4.83 Å². The molecule has 1 saturated carbocycles. The lowest BCUT2D eigenvalue weighted by molar-refractivity contribution is 0.0944. The van der Waals surface area contributed by atoms with Gasteiger partial charge < -0.3 is 9.84 Å². The molecule has 24 heavy (non-hydrogen) atoms. The fourth-order valence-corrected chi connectivity index (χ4v) is 4.00. The van der Waals surface area contributed by atoms with E-state index in [0.29, 0.717) is 20.7 Å². The molecule has 0 aromatic carbocycles. The molecule has 1 fully saturated rings. The molecule has 6 nitrogen and oxygen atoms in total. The van der Waals surface area contributed by atoms with Crippen molar-refractivity contribution < 1.29 is 18.6 Å². The maximum Gasteiger partial charge on any atom is 0.332 e. The number of methoxy groups -OCH3 is 1. The molecule has 2 aromatic heterocycles. The number of hydrogen-bond donors (Lipinski definition) is 1. The molecular formula is C15H18F2N2O4S. The molecular weight excluding hydrogens is 342 g/mol. The van der Waals surface area contributed by atoms with E-state index in [1.165, 1.54) is 23.0 Å². The van der Waals surface area contributed by atoms with Crippen LogP contribution in [0, 0.1) is 12.8 Å². The van der Waals surface area contributed by atoms with Crippen LogP contribution in [-0.4, -0.2) is 33.9 Å². The summed E-state index contributed by atoms with van der Waals surface area (Å²) < 4.78 is 33.7. The van der Waals surface area contributed by atoms with Gasteiger partial charge in [0.2, 0.25) is 0 Å². The zero-order chi connectivity index (χ0) is 17.6. The lowest BCUT2D eigenvalue weighted by Crippen LogP contribution is -2.41. The Morgan fingerprint density at radius 3 is 2.58 bits per heavy atom. The van der Waals surface area contributed by atoms with Gasteiger partial charge in [-0.05, 0) is 12.5 Å². The van der Waals surface area contributed by atoms with Gasteiger partial charge >= 0.3 is 5.69 Å². The van der Waals surface area contributed by atoms with Gasteiger partial charge in [0.25, 0.3) is 11.5 Å². The van der Waals surface area contributed by atoms with Crippen molar-refractivity contribution in [1.29, 1.82) is 0 Å². The topological polar surface area (TPSA) is 73.5 Å². The molecule has 1 N–H and O–H groups in total. The Morgan fingerprint density at radius 1 is 1.38 bits per heavy atom. The van der Waals surface area contributed by atoms with Crippen LogP contribution in [0.5, 0.6) is 0 Å². The normalized spacial score (nSPS) is 19.1. The monoisotopic (exact) mass is 360 g/mol. The van der Waals surface area contributed by atoms with E-state index in [-0.39, 0.29) is 32.7 Å². The van der Waals surface area contributed by atoms with Gasteiger partial charge in [0.05, 0.1) is 25.1 Å². The van der Waals surface area contributed by atoms with E-state index in [0.717, 1.165) is 4.57 Å². The molecule has 1 atom stereocenters. The molecule has 1 aliphatic rings. The molecule has 1 aliphatic carbocycles. The number of aryl methyl sites for hydroxylation is 1. The van der Waals surface area contributed by atoms with Crippen LogP contribution in [0.3, 0.4) is 0 Å². The first-order chi connectivity index (χ1) is 11.3. The van der Waals surface area contributed by atoms with Crippen LogP contribution in [0.2, 0.25) is 0 Å². The number of aromatic nitrogens is 2. The number of fused-ring (bicyclic) bond motifs is 1. The van der Waals surface area contributed by atoms with Gasteiger partial charge in [-0.3, -0.25) is 13.9 Å². The van der Waals surface area contributed by atoms with E-state index in [1.807, 2.05) is 0 Å². The summed E-state index contributed by atoms with van der Waals surface area (Å²) in [4.78, 5) is 26.4. The average molecular weight is 360 g/mol. The summed E-state index contributed by atoms with van der Waals surface area (Å²) in [6.07, 6.45) is -0.306. The Kier molecular flexibility index (Phi) is 4.35. The number of alkyl halides is 2. The van der Waals surface area contributed by atoms with E-state index >= 15 is 0 Å². The van der Waals surface area contributed by atoms with Crippen LogP contribution in [-0.2, 0) is 24.4 Å². The van der Waals surface area contributed by atoms with Gasteiger partial charge in [0, 0.05) is 30.9 Å². The van der Waals surface area contributed by atoms with Crippen LogP contribution in [0.25, 0.3) is 10.2 Å². The quantitative estimate of drug-likeness (QED) is 0.843. The third kappa shape index (κ3) is 2.70. The Balaban J connectivity index is 2.22. The first kappa shape index (κ1) is 17.2. The van der Waals surface area contributed by atoms with Crippen molar-refractivity contribution in [3.63, 3.8) is 0 Å². The smallest absolute Gasteiger partial charge is 0.332 e. The molecule has 0 amide bonds. The molecule has 0 aliphatic heterocycles. The van der Waals surface area contributed by atoms with E-state index in [4.69, 9.17) is 4.74 Å². The molecule has 9 heteroatoms. The lowest BCUT2D eigenvalue weighted by Gasteiger charge is -2.11. The third-order valence-corrected chi connectivity index (χ3v) is 5.71. The van der Waals surface area contributed by atoms with Gasteiger partial charge in [0.15, 0.2) is 0 Å². The predicted molar refractivity (Wildman–Crippen MR) is 85.9 cm³/mol. The molecule has 1 unspecified atom stereocenters. The van der Waals surface area contributed by atoms with Crippen molar-refractivity contribution >= 4 is 21.6 Å². The van der Waals surface area contributed by atoms with E-state index in [2.05, 4.69) is 0 Å². The molecule has 2 heterocycles. The highest BCUT2D eigenvalue weighted by molar-refractivity contribution is 7.18. The third-order valence-electron chi connectivity index (χ3n) is 4.41. The van der Waals surface area contributed by atoms with Crippen LogP contribution < -0.4 is 11.2 Å². The van der Waals surface area contributed by atoms with Crippen molar-refractivity contribution in [3.05, 3.63) is 31.3 Å². The zero-order valence-corrected chi connectivity index (χ0v) is 14.2. The van der Waals surface area contributed by atoms with Gasteiger partial charge in [-0.2, -0.15) is 0 Å². The number of aliphatic hydroxyl groups is 1. The summed E-state index contributed by atoms with van der Waals surface area (Å²) in [5, 5.41) is 9.74. The summed E-state index contributed by atoms with van der Waals surface area (Å²) in [5.74, 6) is -3.79. The molecule has 3 rings (SSSR count). The number of aliphatic hydroxyl groups excluding tert-OH is 1. The SMILES string of the molecule is COCCn1c(=O)n(CC2CC2(F)F)c(=O)c2c(C)c(CO)sc21. The first-order valence-corrected chi connectivity index (χ1v) is 8.36. The second-order valence-electron chi connectivity index (χ2n) is 5.99. The highest BCUT2D eigenvalue weighted by atomic mass is 32.1. The fraction of sp³-hybridized carbons (Fsp3) is 0.600. The van der Waals surface area contributed by atoms with Crippen LogP contribution in [0.1, 0.15) is 16.9 Å². The van der Waals surface area contributed by atoms with Crippen molar-refractivity contribution in [1.82, 2.24) is 9.13 Å². The number of rotatable bonds is 6. The number of hydrogen-bond acceptors (Lipinski definition) is 5. The van der Waals surface area contributed by atoms with Gasteiger partial charge in [-0.1, -0.05) is 0 Å². The maximum atomic E-state index is 13.2. The van der Waals surface area contributed by atoms with E-state index < -0.39 is 23.1 Å². The fourth-order valence-electron chi connectivity index (χ4n) is 2.82. The Hall–Kier alpha value is -1.58. The van der Waals surface area contributed by atoms with Gasteiger partial charge in [-0.25, -0.2) is 13.6 Å². The molecule has 0 saturated heterocycles. The Labute approximate surface area is 139 Å². The van der Waals surface area contributed by atoms with Crippen molar-refractivity contribution in [2.24, 2.45) is 5.92 Å². The first-order valence-electron chi connectivity index (χ1n) is 7.55. The number of halogens is 2. The summed E-state index contributed by atoms with van der Waals surface area (Å²) >= 11 is 1.17. The highest BCUT2D eigenvalue weighted by Gasteiger charge is 2.57. The molecule has 0 spiro atoms. The van der Waals surface area contributed by atoms with Crippen molar-refractivity contribution in [2.75, 3.05) is 13.7 Å². The number of thiophene rings is 1. The van der Waals surface area contributed by atoms with Crippen LogP contribution in [0.4, 0.5) is 8.78 Å². The summed E-state index contributed by atoms with van der Waals surface area (Å²) in [6, 6.07) is 0. The van der Waals surface area contributed by atoms with E-state index in [9.17, 15) is 23.5 Å². The molecule has 2 aromatic rings. The van der Waals surface area contributed by atoms with Crippen LogP contribution >= 0.6 is 11.3 Å². The van der Waals surface area contributed by atoms with Crippen molar-refractivity contribution in [2.45, 2.75) is 39.0 Å². The van der Waals surface area contributed by atoms with Crippen molar-refractivity contribution in [3.8, 4) is 0 Å². The highest BCUT2D eigenvalue weighted by Crippen LogP contribution is 2.49. The minimum Gasteiger partial charge on any atom is -0.391 e. The minimum absolute atomic E-state index is 0.206. The molecule has 0 bridgehead atoms. The summed E-state index contributed by atoms with van der Waals surface area (Å²) in [6.45, 7) is 1.60. The Bertz CT molecular complexity index is 899. The number of nitrogens with zero attached hydrogens (tertiary/aromatic N) is 2. The second kappa shape index (κ2) is 6.05. The lowest BCUT2D eigenvalue weighted by atomic mass is 10.2. The zero-order valence-electron chi connectivity index (χ0n) is 13.3. The van der Waals surface area contributed by atoms with Gasteiger partial charge in [-0.15, -0.1) is 11.3 Å². The minimum atomic E-state index is -2.81. The number of ether oxygens (including phenoxy) is 1. The van der Waals surface area contributed by atoms with Crippen LogP contribution in [0.15, 0.2) is 9.59 Å². The maximum absolute atomic E-state index is 13.2. The molecule has 0 radical (unpaired) electrons. The van der Waals surface area contributed by atoms with E-state index in [1.54, 1.807) is 6.92 Å². The standard InChI is InChI=1S/C15H18F2N2O4S/c1-8-10(7-20)24-13-11(8)12(21)19(6-9-5-15(9,16)17)14(22)18(13)3-4-23-2/h9,20H,3-7H2,1-2H3. The predicted octanol–water partition coefficient (Wildman–Crippen LogP) is 1.33. The average Bonchev–Trinajstić information content (AvgIpc) is 2.99. The summed E-state index contributed by atoms with van der Waals surface area (Å²) in [5.41, 5.74) is -0.595.